The van der Waals surface area contributed by atoms with Gasteiger partial charge in [0.1, 0.15) is 6.61 Å². The molecule has 0 radical (unpaired) electrons. The van der Waals surface area contributed by atoms with Crippen molar-refractivity contribution in [3.05, 3.63) is 75.2 Å². The molecule has 0 aliphatic heterocycles. The Morgan fingerprint density at radius 1 is 1.26 bits per heavy atom. The molecule has 0 aliphatic carbocycles. The number of anilines is 1. The zero-order valence-electron chi connectivity index (χ0n) is 14.5. The van der Waals surface area contributed by atoms with Crippen LogP contribution in [0.15, 0.2) is 53.9 Å². The van der Waals surface area contributed by atoms with Gasteiger partial charge in [0, 0.05) is 22.6 Å². The van der Waals surface area contributed by atoms with Gasteiger partial charge in [0.25, 0.3) is 11.6 Å². The molecule has 27 heavy (non-hydrogen) atoms. The van der Waals surface area contributed by atoms with Gasteiger partial charge in [-0.05, 0) is 12.5 Å². The third-order valence-electron chi connectivity index (χ3n) is 3.80. The zero-order valence-corrected chi connectivity index (χ0v) is 15.4. The van der Waals surface area contributed by atoms with Crippen molar-refractivity contribution in [3.63, 3.8) is 0 Å². The lowest BCUT2D eigenvalue weighted by Crippen LogP contribution is -2.18. The monoisotopic (exact) mass is 383 g/mol. The van der Waals surface area contributed by atoms with Crippen LogP contribution < -0.4 is 5.32 Å². The van der Waals surface area contributed by atoms with Gasteiger partial charge in [-0.15, -0.1) is 11.3 Å². The topological polar surface area (TPSA) is 94.4 Å². The average Bonchev–Trinajstić information content (AvgIpc) is 3.11. The summed E-state index contributed by atoms with van der Waals surface area (Å²) in [5.74, 6) is -0.304. The Morgan fingerprint density at radius 3 is 2.78 bits per heavy atom. The van der Waals surface area contributed by atoms with E-state index in [1.807, 2.05) is 30.3 Å². The van der Waals surface area contributed by atoms with E-state index in [2.05, 4.69) is 10.3 Å². The van der Waals surface area contributed by atoms with Crippen LogP contribution in [-0.2, 0) is 16.1 Å². The number of nitrogens with zero attached hydrogens (tertiary/aromatic N) is 2. The van der Waals surface area contributed by atoms with Crippen molar-refractivity contribution in [2.45, 2.75) is 13.5 Å². The molecule has 1 N–H and O–H groups in total. The summed E-state index contributed by atoms with van der Waals surface area (Å²) in [4.78, 5) is 27.0. The summed E-state index contributed by atoms with van der Waals surface area (Å²) in [6.45, 7) is 1.95. The fourth-order valence-corrected chi connectivity index (χ4v) is 3.16. The van der Waals surface area contributed by atoms with Gasteiger partial charge in [-0.1, -0.05) is 42.5 Å². The summed E-state index contributed by atoms with van der Waals surface area (Å²) in [5, 5.41) is 15.9. The van der Waals surface area contributed by atoms with Crippen LogP contribution in [0.25, 0.3) is 11.3 Å². The molecule has 0 spiro atoms. The van der Waals surface area contributed by atoms with Gasteiger partial charge in [-0.2, -0.15) is 0 Å². The summed E-state index contributed by atoms with van der Waals surface area (Å²) >= 11 is 1.25. The molecule has 1 heterocycles. The lowest BCUT2D eigenvalue weighted by Gasteiger charge is -2.04. The number of benzene rings is 2. The second-order valence-corrected chi connectivity index (χ2v) is 6.68. The smallest absolute Gasteiger partial charge is 0.272 e. The molecule has 0 bridgehead atoms. The molecule has 0 saturated carbocycles. The molecule has 8 heteroatoms. The van der Waals surface area contributed by atoms with Crippen LogP contribution in [-0.4, -0.2) is 22.4 Å². The van der Waals surface area contributed by atoms with Crippen molar-refractivity contribution >= 4 is 28.1 Å². The number of thiazole rings is 1. The highest BCUT2D eigenvalue weighted by molar-refractivity contribution is 7.14. The Labute approximate surface area is 159 Å². The first-order valence-corrected chi connectivity index (χ1v) is 9.03. The van der Waals surface area contributed by atoms with Gasteiger partial charge in [-0.3, -0.25) is 20.2 Å². The highest BCUT2D eigenvalue weighted by Gasteiger charge is 2.14. The summed E-state index contributed by atoms with van der Waals surface area (Å²) in [5.41, 5.74) is 2.82. The van der Waals surface area contributed by atoms with Gasteiger partial charge >= 0.3 is 0 Å². The van der Waals surface area contributed by atoms with Gasteiger partial charge in [0.2, 0.25) is 0 Å². The normalized spacial score (nSPS) is 10.6. The molecule has 0 atom stereocenters. The Balaban J connectivity index is 1.58. The first-order valence-electron chi connectivity index (χ1n) is 8.15. The van der Waals surface area contributed by atoms with Crippen molar-refractivity contribution in [3.8, 4) is 11.3 Å². The van der Waals surface area contributed by atoms with Crippen LogP contribution in [0.1, 0.15) is 11.1 Å². The van der Waals surface area contributed by atoms with Gasteiger partial charge < -0.3 is 4.74 Å². The van der Waals surface area contributed by atoms with E-state index in [4.69, 9.17) is 4.74 Å². The number of aryl methyl sites for hydroxylation is 1. The number of hydrogen-bond donors (Lipinski definition) is 1. The van der Waals surface area contributed by atoms with Crippen LogP contribution in [0.3, 0.4) is 0 Å². The maximum atomic E-state index is 12.0. The number of nitro benzene ring substituents is 1. The Hall–Kier alpha value is -3.10. The number of hydrogen-bond acceptors (Lipinski definition) is 6. The molecular weight excluding hydrogens is 366 g/mol. The Bertz CT molecular complexity index is 957. The second-order valence-electron chi connectivity index (χ2n) is 5.82. The van der Waals surface area contributed by atoms with Crippen molar-refractivity contribution in [2.75, 3.05) is 11.9 Å². The lowest BCUT2D eigenvalue weighted by molar-refractivity contribution is -0.385. The van der Waals surface area contributed by atoms with Gasteiger partial charge in [0.05, 0.1) is 17.2 Å². The molecule has 0 fully saturated rings. The van der Waals surface area contributed by atoms with E-state index in [1.165, 1.54) is 17.4 Å². The quantitative estimate of drug-likeness (QED) is 0.488. The first-order chi connectivity index (χ1) is 13.0. The van der Waals surface area contributed by atoms with Crippen LogP contribution in [0.5, 0.6) is 0 Å². The standard InChI is InChI=1S/C19H17N3O4S/c1-13-7-8-15(9-17(13)22(24)25)16-12-27-19(20-16)21-18(23)11-26-10-14-5-3-2-4-6-14/h2-9,12H,10-11H2,1H3,(H,20,21,23). The zero-order chi connectivity index (χ0) is 19.2. The highest BCUT2D eigenvalue weighted by atomic mass is 32.1. The fourth-order valence-electron chi connectivity index (χ4n) is 2.42. The van der Waals surface area contributed by atoms with Crippen LogP contribution in [0.2, 0.25) is 0 Å². The van der Waals surface area contributed by atoms with Crippen molar-refractivity contribution in [1.82, 2.24) is 4.98 Å². The molecule has 2 aromatic carbocycles. The van der Waals surface area contributed by atoms with E-state index in [-0.39, 0.29) is 18.2 Å². The van der Waals surface area contributed by atoms with E-state index >= 15 is 0 Å². The summed E-state index contributed by atoms with van der Waals surface area (Å²) in [7, 11) is 0. The second kappa shape index (κ2) is 8.52. The molecule has 138 valence electrons. The minimum absolute atomic E-state index is 0.0420. The van der Waals surface area contributed by atoms with E-state index in [0.717, 1.165) is 5.56 Å². The third kappa shape index (κ3) is 4.96. The summed E-state index contributed by atoms with van der Waals surface area (Å²) < 4.78 is 5.39. The number of nitro groups is 1. The van der Waals surface area contributed by atoms with Crippen molar-refractivity contribution < 1.29 is 14.5 Å². The van der Waals surface area contributed by atoms with Crippen LogP contribution in [0.4, 0.5) is 10.8 Å². The maximum absolute atomic E-state index is 12.0. The number of aromatic nitrogens is 1. The molecule has 0 saturated heterocycles. The fraction of sp³-hybridized carbons (Fsp3) is 0.158. The molecular formula is C19H17N3O4S. The third-order valence-corrected chi connectivity index (χ3v) is 4.55. The molecule has 7 nitrogen and oxygen atoms in total. The van der Waals surface area contributed by atoms with Gasteiger partial charge in [-0.25, -0.2) is 4.98 Å². The predicted molar refractivity (Wildman–Crippen MR) is 104 cm³/mol. The van der Waals surface area contributed by atoms with Gasteiger partial charge in [0.15, 0.2) is 5.13 Å². The minimum Gasteiger partial charge on any atom is -0.367 e. The molecule has 1 aromatic heterocycles. The SMILES string of the molecule is Cc1ccc(-c2csc(NC(=O)COCc3ccccc3)n2)cc1[N+](=O)[O-]. The number of rotatable bonds is 7. The lowest BCUT2D eigenvalue weighted by atomic mass is 10.1. The Morgan fingerprint density at radius 2 is 2.04 bits per heavy atom. The van der Waals surface area contributed by atoms with Crippen LogP contribution in [0, 0.1) is 17.0 Å². The molecule has 3 aromatic rings. The number of nitrogens with one attached hydrogen (secondary N) is 1. The van der Waals surface area contributed by atoms with Crippen LogP contribution >= 0.6 is 11.3 Å². The van der Waals surface area contributed by atoms with Crippen molar-refractivity contribution in [1.29, 1.82) is 0 Å². The largest absolute Gasteiger partial charge is 0.367 e. The summed E-state index contributed by atoms with van der Waals surface area (Å²) in [6.07, 6.45) is 0. The molecule has 3 rings (SSSR count). The van der Waals surface area contributed by atoms with E-state index in [0.29, 0.717) is 28.6 Å². The number of carbonyl (C=O) groups excluding carboxylic acids is 1. The minimum atomic E-state index is -0.419. The number of carbonyl (C=O) groups is 1. The highest BCUT2D eigenvalue weighted by Crippen LogP contribution is 2.29. The van der Waals surface area contributed by atoms with E-state index < -0.39 is 4.92 Å². The van der Waals surface area contributed by atoms with E-state index in [9.17, 15) is 14.9 Å². The number of ether oxygens (including phenoxy) is 1. The molecule has 1 amide bonds. The average molecular weight is 383 g/mol. The van der Waals surface area contributed by atoms with Crippen molar-refractivity contribution in [2.24, 2.45) is 0 Å². The Kier molecular flexibility index (Phi) is 5.90. The molecule has 0 unspecified atom stereocenters. The number of amides is 1. The predicted octanol–water partition coefficient (Wildman–Crippen LogP) is 4.18. The molecule has 0 aliphatic rings. The van der Waals surface area contributed by atoms with E-state index in [1.54, 1.807) is 24.4 Å². The summed E-state index contributed by atoms with van der Waals surface area (Å²) in [6, 6.07) is 14.5. The first kappa shape index (κ1) is 18.7. The maximum Gasteiger partial charge on any atom is 0.272 e.